The van der Waals surface area contributed by atoms with E-state index in [2.05, 4.69) is 20.7 Å². The molecule has 8 heteroatoms. The van der Waals surface area contributed by atoms with Gasteiger partial charge in [0.05, 0.1) is 12.0 Å². The summed E-state index contributed by atoms with van der Waals surface area (Å²) in [6, 6.07) is 7.31. The van der Waals surface area contributed by atoms with E-state index in [-0.39, 0.29) is 13.0 Å². The fourth-order valence-corrected chi connectivity index (χ4v) is 3.21. The minimum absolute atomic E-state index is 0.0823. The Morgan fingerprint density at radius 2 is 1.86 bits per heavy atom. The smallest absolute Gasteiger partial charge is 0.304 e. The fourth-order valence-electron chi connectivity index (χ4n) is 1.70. The molecule has 1 aromatic carbocycles. The van der Waals surface area contributed by atoms with Crippen LogP contribution in [0.5, 0.6) is 0 Å². The number of nitrogens with zero attached hydrogens (tertiary/aromatic N) is 1. The second-order valence-electron chi connectivity index (χ2n) is 5.20. The van der Waals surface area contributed by atoms with Gasteiger partial charge in [-0.25, -0.2) is 0 Å². The number of aliphatic carboxylic acids is 1. The number of benzene rings is 1. The van der Waals surface area contributed by atoms with Crippen molar-refractivity contribution in [3.8, 4) is 0 Å². The number of carboxylic acids is 1. The van der Waals surface area contributed by atoms with Crippen LogP contribution in [-0.4, -0.2) is 37.4 Å². The molecule has 118 valence electrons. The molecule has 0 unspecified atom stereocenters. The molecule has 1 aromatic rings. The highest BCUT2D eigenvalue weighted by atomic mass is 79.9. The maximum absolute atomic E-state index is 12.2. The van der Waals surface area contributed by atoms with E-state index >= 15 is 0 Å². The van der Waals surface area contributed by atoms with Gasteiger partial charge in [-0.3, -0.25) is 4.79 Å². The zero-order valence-electron chi connectivity index (χ0n) is 12.1. The highest BCUT2D eigenvalue weighted by Gasteiger charge is 2.29. The van der Waals surface area contributed by atoms with E-state index in [1.165, 1.54) is 7.05 Å². The summed E-state index contributed by atoms with van der Waals surface area (Å²) in [6.07, 6.45) is -0.240. The molecule has 0 aliphatic rings. The third kappa shape index (κ3) is 5.39. The summed E-state index contributed by atoms with van der Waals surface area (Å²) in [6.45, 7) is 3.42. The Bertz CT molecular complexity index is 599. The monoisotopic (exact) mass is 378 g/mol. The second-order valence-corrected chi connectivity index (χ2v) is 7.90. The van der Waals surface area contributed by atoms with Gasteiger partial charge >= 0.3 is 5.97 Å². The zero-order valence-corrected chi connectivity index (χ0v) is 14.5. The van der Waals surface area contributed by atoms with E-state index in [4.69, 9.17) is 5.11 Å². The first-order valence-electron chi connectivity index (χ1n) is 6.28. The van der Waals surface area contributed by atoms with Crippen LogP contribution in [0.2, 0.25) is 0 Å². The predicted octanol–water partition coefficient (Wildman–Crippen LogP) is 1.93. The van der Waals surface area contributed by atoms with Gasteiger partial charge in [0, 0.05) is 18.1 Å². The highest BCUT2D eigenvalue weighted by molar-refractivity contribution is 9.10. The fraction of sp³-hybridized carbons (Fsp3) is 0.462. The lowest BCUT2D eigenvalue weighted by Crippen LogP contribution is -2.47. The molecule has 0 amide bonds. The zero-order chi connectivity index (χ0) is 16.3. The van der Waals surface area contributed by atoms with Gasteiger partial charge in [-0.1, -0.05) is 28.1 Å². The number of rotatable bonds is 7. The molecule has 0 radical (unpaired) electrons. The Balaban J connectivity index is 2.85. The first-order chi connectivity index (χ1) is 9.54. The highest BCUT2D eigenvalue weighted by Crippen LogP contribution is 2.23. The van der Waals surface area contributed by atoms with E-state index in [1.54, 1.807) is 13.8 Å². The lowest BCUT2D eigenvalue weighted by Gasteiger charge is -2.29. The van der Waals surface area contributed by atoms with Crippen LogP contribution in [0.3, 0.4) is 0 Å². The molecule has 2 N–H and O–H groups in total. The Hall–Kier alpha value is -0.960. The van der Waals surface area contributed by atoms with Crippen molar-refractivity contribution in [2.75, 3.05) is 13.6 Å². The number of halogens is 1. The van der Waals surface area contributed by atoms with Crippen molar-refractivity contribution in [1.82, 2.24) is 9.03 Å². The minimum atomic E-state index is -3.76. The molecule has 0 aliphatic carbocycles. The Morgan fingerprint density at radius 3 is 2.33 bits per heavy atom. The Labute approximate surface area is 133 Å². The van der Waals surface area contributed by atoms with Gasteiger partial charge in [0.2, 0.25) is 0 Å². The normalized spacial score (nSPS) is 12.6. The van der Waals surface area contributed by atoms with Gasteiger partial charge in [0.25, 0.3) is 10.2 Å². The van der Waals surface area contributed by atoms with E-state index < -0.39 is 21.7 Å². The van der Waals surface area contributed by atoms with E-state index in [1.807, 2.05) is 24.3 Å². The van der Waals surface area contributed by atoms with Gasteiger partial charge < -0.3 is 5.11 Å². The van der Waals surface area contributed by atoms with Crippen molar-refractivity contribution in [2.45, 2.75) is 25.8 Å². The van der Waals surface area contributed by atoms with Crippen molar-refractivity contribution in [1.29, 1.82) is 0 Å². The summed E-state index contributed by atoms with van der Waals surface area (Å²) in [7, 11) is -2.41. The van der Waals surface area contributed by atoms with Crippen LogP contribution < -0.4 is 4.72 Å². The van der Waals surface area contributed by atoms with Gasteiger partial charge in [-0.05, 0) is 31.5 Å². The number of hydrogen-bond acceptors (Lipinski definition) is 3. The first-order valence-corrected chi connectivity index (χ1v) is 8.51. The summed E-state index contributed by atoms with van der Waals surface area (Å²) in [5.74, 6) is -1.04. The number of carboxylic acid groups (broad SMARTS) is 1. The Kier molecular flexibility index (Phi) is 5.92. The summed E-state index contributed by atoms with van der Waals surface area (Å²) >= 11 is 3.33. The molecule has 0 aliphatic heterocycles. The van der Waals surface area contributed by atoms with Gasteiger partial charge in [-0.15, -0.1) is 0 Å². The molecular weight excluding hydrogens is 360 g/mol. The molecule has 6 nitrogen and oxygen atoms in total. The summed E-state index contributed by atoms with van der Waals surface area (Å²) in [5, 5.41) is 8.62. The molecule has 1 rings (SSSR count). The van der Waals surface area contributed by atoms with Crippen molar-refractivity contribution in [3.05, 3.63) is 34.3 Å². The Morgan fingerprint density at radius 1 is 1.33 bits per heavy atom. The molecule has 0 bridgehead atoms. The standard InChI is InChI=1S/C13H19BrN2O4S/c1-13(2,10-4-6-11(14)7-5-10)15-21(19,20)16(3)9-8-12(17)18/h4-7,15H,8-9H2,1-3H3,(H,17,18). The van der Waals surface area contributed by atoms with Crippen molar-refractivity contribution in [3.63, 3.8) is 0 Å². The van der Waals surface area contributed by atoms with Crippen LogP contribution in [0, 0.1) is 0 Å². The van der Waals surface area contributed by atoms with Gasteiger partial charge in [0.1, 0.15) is 0 Å². The van der Waals surface area contributed by atoms with Crippen LogP contribution in [0.15, 0.2) is 28.7 Å². The van der Waals surface area contributed by atoms with Crippen molar-refractivity contribution < 1.29 is 18.3 Å². The van der Waals surface area contributed by atoms with Gasteiger partial charge in [-0.2, -0.15) is 17.4 Å². The maximum Gasteiger partial charge on any atom is 0.304 e. The molecule has 0 saturated heterocycles. The molecule has 0 spiro atoms. The summed E-state index contributed by atoms with van der Waals surface area (Å²) < 4.78 is 28.9. The van der Waals surface area contributed by atoms with Crippen LogP contribution >= 0.6 is 15.9 Å². The van der Waals surface area contributed by atoms with E-state index in [0.717, 1.165) is 14.3 Å². The summed E-state index contributed by atoms with van der Waals surface area (Å²) in [4.78, 5) is 10.5. The molecule has 0 atom stereocenters. The van der Waals surface area contributed by atoms with Crippen molar-refractivity contribution >= 4 is 32.1 Å². The van der Waals surface area contributed by atoms with Crippen LogP contribution in [-0.2, 0) is 20.5 Å². The van der Waals surface area contributed by atoms with Crippen molar-refractivity contribution in [2.24, 2.45) is 0 Å². The molecule has 21 heavy (non-hydrogen) atoms. The van der Waals surface area contributed by atoms with Crippen LogP contribution in [0.4, 0.5) is 0 Å². The lowest BCUT2D eigenvalue weighted by atomic mass is 9.96. The lowest BCUT2D eigenvalue weighted by molar-refractivity contribution is -0.137. The summed E-state index contributed by atoms with van der Waals surface area (Å²) in [5.41, 5.74) is -0.00212. The molecule has 0 fully saturated rings. The average Bonchev–Trinajstić information content (AvgIpc) is 2.35. The largest absolute Gasteiger partial charge is 0.481 e. The average molecular weight is 379 g/mol. The quantitative estimate of drug-likeness (QED) is 0.758. The molecule has 0 heterocycles. The topological polar surface area (TPSA) is 86.7 Å². The third-order valence-electron chi connectivity index (χ3n) is 3.00. The maximum atomic E-state index is 12.2. The van der Waals surface area contributed by atoms with E-state index in [9.17, 15) is 13.2 Å². The first kappa shape index (κ1) is 18.1. The van der Waals surface area contributed by atoms with E-state index in [0.29, 0.717) is 0 Å². The minimum Gasteiger partial charge on any atom is -0.481 e. The van der Waals surface area contributed by atoms with Crippen LogP contribution in [0.25, 0.3) is 0 Å². The third-order valence-corrected chi connectivity index (χ3v) is 5.30. The molecule has 0 aromatic heterocycles. The van der Waals surface area contributed by atoms with Crippen LogP contribution in [0.1, 0.15) is 25.8 Å². The predicted molar refractivity (Wildman–Crippen MR) is 84.1 cm³/mol. The number of nitrogens with one attached hydrogen (secondary N) is 1. The van der Waals surface area contributed by atoms with Gasteiger partial charge in [0.15, 0.2) is 0 Å². The second kappa shape index (κ2) is 6.87. The SMILES string of the molecule is CN(CCC(=O)O)S(=O)(=O)NC(C)(C)c1ccc(Br)cc1. The molecule has 0 saturated carbocycles. The molecular formula is C13H19BrN2O4S. The number of hydrogen-bond donors (Lipinski definition) is 2. The number of carbonyl (C=O) groups is 1.